The van der Waals surface area contributed by atoms with Crippen LogP contribution in [0.4, 0.5) is 0 Å². The molecule has 466 valence electrons. The maximum absolute atomic E-state index is 13.3. The van der Waals surface area contributed by atoms with Gasteiger partial charge in [0.15, 0.2) is 0 Å². The molecule has 5 atom stereocenters. The van der Waals surface area contributed by atoms with Crippen LogP contribution >= 0.6 is 11.8 Å². The zero-order chi connectivity index (χ0) is 60.5. The van der Waals surface area contributed by atoms with Gasteiger partial charge in [0, 0.05) is 43.6 Å². The Kier molecular flexibility index (Phi) is 46.8. The molecule has 0 saturated heterocycles. The number of aliphatic carboxylic acids is 2. The Bertz CT molecular complexity index is 1850. The van der Waals surface area contributed by atoms with Crippen LogP contribution < -0.4 is 43.8 Å². The van der Waals surface area contributed by atoms with E-state index in [-0.39, 0.29) is 50.2 Å². The van der Waals surface area contributed by atoms with Crippen molar-refractivity contribution in [1.29, 1.82) is 0 Å². The van der Waals surface area contributed by atoms with Crippen LogP contribution in [-0.4, -0.2) is 137 Å². The molecule has 0 bridgehead atoms. The number of amides is 7. The molecule has 0 radical (unpaired) electrons. The van der Waals surface area contributed by atoms with Gasteiger partial charge >= 0.3 is 23.9 Å². The molecule has 24 heteroatoms. The summed E-state index contributed by atoms with van der Waals surface area (Å²) in [6.45, 7) is 2.69. The summed E-state index contributed by atoms with van der Waals surface area (Å²) >= 11 is 1.16. The fourth-order valence-electron chi connectivity index (χ4n) is 8.58. The third-order valence-electron chi connectivity index (χ3n) is 13.4. The molecule has 1 unspecified atom stereocenters. The van der Waals surface area contributed by atoms with E-state index in [1.54, 1.807) is 0 Å². The highest BCUT2D eigenvalue weighted by molar-refractivity contribution is 7.99. The van der Waals surface area contributed by atoms with E-state index in [0.29, 0.717) is 12.8 Å². The molecule has 81 heavy (non-hydrogen) atoms. The van der Waals surface area contributed by atoms with Crippen LogP contribution in [-0.2, 0) is 62.2 Å². The molecule has 0 fully saturated rings. The van der Waals surface area contributed by atoms with Crippen molar-refractivity contribution in [3.8, 4) is 0 Å². The van der Waals surface area contributed by atoms with Crippen LogP contribution in [0, 0.1) is 0 Å². The first-order valence-electron chi connectivity index (χ1n) is 29.9. The molecule has 0 aromatic carbocycles. The maximum Gasteiger partial charge on any atom is 0.326 e. The predicted octanol–water partition coefficient (Wildman–Crippen LogP) is 5.63. The zero-order valence-electron chi connectivity index (χ0n) is 48.8. The molecule has 0 heterocycles. The van der Waals surface area contributed by atoms with Crippen LogP contribution in [0.15, 0.2) is 0 Å². The monoisotopic (exact) mass is 1170 g/mol. The fraction of sp³-hybridized carbons (Fsp3) is 0.807. The summed E-state index contributed by atoms with van der Waals surface area (Å²) < 4.78 is 11.4. The third kappa shape index (κ3) is 45.7. The van der Waals surface area contributed by atoms with Gasteiger partial charge in [-0.2, -0.15) is 11.8 Å². The van der Waals surface area contributed by atoms with Crippen LogP contribution in [0.5, 0.6) is 0 Å². The smallest absolute Gasteiger partial charge is 0.326 e. The molecule has 0 aromatic rings. The Morgan fingerprint density at radius 2 is 0.815 bits per heavy atom. The van der Waals surface area contributed by atoms with Crippen molar-refractivity contribution in [1.82, 2.24) is 26.6 Å². The van der Waals surface area contributed by atoms with E-state index in [1.807, 2.05) is 0 Å². The lowest BCUT2D eigenvalue weighted by molar-refractivity contribution is -0.157. The molecule has 0 spiro atoms. The molecular weight excluding hydrogens is 1070 g/mol. The number of carboxylic acid groups (broad SMARTS) is 2. The van der Waals surface area contributed by atoms with Gasteiger partial charge in [-0.1, -0.05) is 168 Å². The molecule has 23 nitrogen and oxygen atoms in total. The van der Waals surface area contributed by atoms with Crippen molar-refractivity contribution in [3.05, 3.63) is 0 Å². The average molecular weight is 1170 g/mol. The molecule has 13 N–H and O–H groups in total. The summed E-state index contributed by atoms with van der Waals surface area (Å²) in [4.78, 5) is 136. The number of hydrogen-bond donors (Lipinski definition) is 10. The second-order valence-electron chi connectivity index (χ2n) is 20.9. The summed E-state index contributed by atoms with van der Waals surface area (Å²) in [7, 11) is 0. The average Bonchev–Trinajstić information content (AvgIpc) is 3.42. The van der Waals surface area contributed by atoms with Gasteiger partial charge < -0.3 is 63.5 Å². The van der Waals surface area contributed by atoms with Crippen molar-refractivity contribution in [3.63, 3.8) is 0 Å². The molecule has 0 aliphatic heterocycles. The number of carbonyl (C=O) groups excluding carboxylic acids is 9. The van der Waals surface area contributed by atoms with Crippen molar-refractivity contribution in [2.24, 2.45) is 17.2 Å². The lowest BCUT2D eigenvalue weighted by atomic mass is 10.0. The molecule has 7 amide bonds. The van der Waals surface area contributed by atoms with E-state index >= 15 is 0 Å². The summed E-state index contributed by atoms with van der Waals surface area (Å²) in [6, 6.07) is -5.70. The van der Waals surface area contributed by atoms with Crippen molar-refractivity contribution < 1.29 is 72.4 Å². The van der Waals surface area contributed by atoms with E-state index in [9.17, 15) is 57.8 Å². The van der Waals surface area contributed by atoms with Gasteiger partial charge in [0.25, 0.3) is 0 Å². The van der Waals surface area contributed by atoms with Crippen LogP contribution in [0.3, 0.4) is 0 Å². The quantitative estimate of drug-likeness (QED) is 0.0260. The van der Waals surface area contributed by atoms with E-state index in [2.05, 4.69) is 40.4 Å². The highest BCUT2D eigenvalue weighted by atomic mass is 32.2. The number of unbranched alkanes of at least 4 members (excludes halogenated alkanes) is 24. The number of thioether (sulfide) groups is 1. The van der Waals surface area contributed by atoms with E-state index in [4.69, 9.17) is 31.8 Å². The molecule has 0 rings (SSSR count). The second kappa shape index (κ2) is 50.2. The van der Waals surface area contributed by atoms with Gasteiger partial charge in [0.1, 0.15) is 30.8 Å². The Labute approximate surface area is 485 Å². The van der Waals surface area contributed by atoms with Crippen LogP contribution in [0.1, 0.15) is 232 Å². The van der Waals surface area contributed by atoms with Gasteiger partial charge in [-0.15, -0.1) is 0 Å². The minimum Gasteiger partial charge on any atom is -0.481 e. The number of carboxylic acids is 2. The molecule has 0 saturated carbocycles. The maximum atomic E-state index is 13.3. The molecular formula is C57H102N8O15S. The fourth-order valence-corrected chi connectivity index (χ4v) is 9.55. The Hall–Kier alpha value is -5.52. The third-order valence-corrected chi connectivity index (χ3v) is 14.6. The summed E-state index contributed by atoms with van der Waals surface area (Å²) in [5.41, 5.74) is 16.8. The first kappa shape index (κ1) is 75.5. The highest BCUT2D eigenvalue weighted by Crippen LogP contribution is 2.17. The van der Waals surface area contributed by atoms with Crippen molar-refractivity contribution in [2.45, 2.75) is 262 Å². The van der Waals surface area contributed by atoms with E-state index in [0.717, 1.165) is 50.3 Å². The van der Waals surface area contributed by atoms with Gasteiger partial charge in [-0.3, -0.25) is 47.9 Å². The number of nitrogens with one attached hydrogen (secondary N) is 5. The topological polar surface area (TPSA) is 385 Å². The SMILES string of the molecule is CCCCCCCCCCCCCCCC(=O)OC[C@H](CSCC(N)C(=O)N[C@H](CCC(N)=O)C(=O)NCC(=O)N[C@@H](CCC(N)=O)C(=O)NCC(=O)N[C@H](CCC(=O)O)C(=O)O)OC(=O)CCCCCCCCCCCCCCC. The largest absolute Gasteiger partial charge is 0.481 e. The lowest BCUT2D eigenvalue weighted by Crippen LogP contribution is -2.55. The minimum atomic E-state index is -1.57. The number of hydrogen-bond acceptors (Lipinski definition) is 15. The van der Waals surface area contributed by atoms with E-state index in [1.165, 1.54) is 116 Å². The summed E-state index contributed by atoms with van der Waals surface area (Å²) in [5, 5.41) is 29.5. The zero-order valence-corrected chi connectivity index (χ0v) is 49.6. The normalized spacial score (nSPS) is 12.9. The number of esters is 2. The summed E-state index contributed by atoms with van der Waals surface area (Å²) in [6.07, 6.45) is 27.5. The van der Waals surface area contributed by atoms with Crippen LogP contribution in [0.2, 0.25) is 0 Å². The Morgan fingerprint density at radius 1 is 0.444 bits per heavy atom. The van der Waals surface area contributed by atoms with Crippen molar-refractivity contribution in [2.75, 3.05) is 31.2 Å². The number of carbonyl (C=O) groups is 11. The minimum absolute atomic E-state index is 0.0283. The van der Waals surface area contributed by atoms with Crippen molar-refractivity contribution >= 4 is 77.0 Å². The number of rotatable bonds is 55. The Balaban J connectivity index is 5.42. The van der Waals surface area contributed by atoms with Crippen LogP contribution in [0.25, 0.3) is 0 Å². The first-order chi connectivity index (χ1) is 38.8. The standard InChI is InChI=1S/C57H102N8O15S/c1-3-5-7-9-11-13-15-17-19-21-23-25-27-29-52(72)79-39-42(80-53(73)30-28-26-24-22-20-18-16-14-12-10-8-6-4-2)40-81-41-43(58)54(74)65-45(32-35-48(60)67)56(76)62-37-49(68)63-44(31-34-47(59)66)55(75)61-38-50(69)64-46(57(77)78)33-36-51(70)71/h42-46H,3-41,58H2,1-2H3,(H2,59,66)(H2,60,67)(H,61,75)(H,62,76)(H,63,68)(H,64,69)(H,65,74)(H,70,71)(H,77,78)/t42-,43?,44+,45-,46-/m1/s1. The molecule has 0 aliphatic carbocycles. The van der Waals surface area contributed by atoms with E-state index < -0.39 is 128 Å². The summed E-state index contributed by atoms with van der Waals surface area (Å²) in [5.74, 6) is -9.84. The van der Waals surface area contributed by atoms with Gasteiger partial charge in [-0.05, 0) is 32.1 Å². The number of nitrogens with two attached hydrogens (primary N) is 3. The second-order valence-corrected chi connectivity index (χ2v) is 22.0. The Morgan fingerprint density at radius 3 is 1.21 bits per heavy atom. The number of primary amides is 2. The van der Waals surface area contributed by atoms with Gasteiger partial charge in [0.2, 0.25) is 41.4 Å². The highest BCUT2D eigenvalue weighted by Gasteiger charge is 2.28. The van der Waals surface area contributed by atoms with Gasteiger partial charge in [-0.25, -0.2) is 4.79 Å². The first-order valence-corrected chi connectivity index (χ1v) is 31.1. The van der Waals surface area contributed by atoms with Gasteiger partial charge in [0.05, 0.1) is 19.1 Å². The molecule has 0 aromatic heterocycles. The predicted molar refractivity (Wildman–Crippen MR) is 310 cm³/mol. The number of ether oxygens (including phenoxy) is 2. The lowest BCUT2D eigenvalue weighted by Gasteiger charge is -2.22. The molecule has 0 aliphatic rings.